The van der Waals surface area contributed by atoms with Crippen molar-refractivity contribution in [2.45, 2.75) is 25.4 Å². The molecule has 0 amide bonds. The van der Waals surface area contributed by atoms with Crippen LogP contribution < -0.4 is 10.6 Å². The van der Waals surface area contributed by atoms with Gasteiger partial charge < -0.3 is 15.4 Å². The Morgan fingerprint density at radius 3 is 2.92 bits per heavy atom. The molecule has 3 heteroatoms. The summed E-state index contributed by atoms with van der Waals surface area (Å²) in [6, 6.07) is 0. The van der Waals surface area contributed by atoms with Crippen molar-refractivity contribution in [1.82, 2.24) is 10.6 Å². The average molecular weight is 172 g/mol. The lowest BCUT2D eigenvalue weighted by Crippen LogP contribution is -2.50. The Morgan fingerprint density at radius 2 is 2.42 bits per heavy atom. The highest BCUT2D eigenvalue weighted by Crippen LogP contribution is 2.21. The van der Waals surface area contributed by atoms with Gasteiger partial charge in [-0.3, -0.25) is 0 Å². The van der Waals surface area contributed by atoms with Gasteiger partial charge in [-0.2, -0.15) is 0 Å². The lowest BCUT2D eigenvalue weighted by atomic mass is 9.95. The molecule has 1 unspecified atom stereocenters. The van der Waals surface area contributed by atoms with Crippen molar-refractivity contribution < 1.29 is 4.74 Å². The summed E-state index contributed by atoms with van der Waals surface area (Å²) in [7, 11) is 1.99. The van der Waals surface area contributed by atoms with Crippen LogP contribution in [0.4, 0.5) is 0 Å². The number of nitrogens with one attached hydrogen (secondary N) is 2. The topological polar surface area (TPSA) is 33.3 Å². The first-order valence-electron chi connectivity index (χ1n) is 4.82. The van der Waals surface area contributed by atoms with Crippen LogP contribution in [0.15, 0.2) is 0 Å². The summed E-state index contributed by atoms with van der Waals surface area (Å²) >= 11 is 0. The van der Waals surface area contributed by atoms with E-state index >= 15 is 0 Å². The van der Waals surface area contributed by atoms with Crippen LogP contribution in [0, 0.1) is 0 Å². The Labute approximate surface area is 74.9 Å². The number of hydrogen-bond acceptors (Lipinski definition) is 3. The zero-order chi connectivity index (χ0) is 8.86. The molecule has 1 heterocycles. The molecule has 72 valence electrons. The molecule has 1 fully saturated rings. The van der Waals surface area contributed by atoms with Crippen LogP contribution in [0.2, 0.25) is 0 Å². The molecule has 0 saturated carbocycles. The van der Waals surface area contributed by atoms with Gasteiger partial charge in [-0.05, 0) is 26.4 Å². The zero-order valence-corrected chi connectivity index (χ0v) is 8.15. The Morgan fingerprint density at radius 1 is 1.58 bits per heavy atom. The summed E-state index contributed by atoms with van der Waals surface area (Å²) in [4.78, 5) is 0. The van der Waals surface area contributed by atoms with Crippen molar-refractivity contribution in [3.63, 3.8) is 0 Å². The normalized spacial score (nSPS) is 30.5. The monoisotopic (exact) mass is 172 g/mol. The maximum atomic E-state index is 5.81. The third-order valence-corrected chi connectivity index (χ3v) is 2.61. The predicted molar refractivity (Wildman–Crippen MR) is 50.4 cm³/mol. The quantitative estimate of drug-likeness (QED) is 0.642. The summed E-state index contributed by atoms with van der Waals surface area (Å²) in [5.74, 6) is 0. The van der Waals surface area contributed by atoms with E-state index in [1.54, 1.807) is 0 Å². The van der Waals surface area contributed by atoms with Gasteiger partial charge in [-0.25, -0.2) is 0 Å². The Balaban J connectivity index is 2.37. The molecule has 0 bridgehead atoms. The van der Waals surface area contributed by atoms with Gasteiger partial charge in [0.2, 0.25) is 0 Å². The highest BCUT2D eigenvalue weighted by Gasteiger charge is 2.30. The number of morpholine rings is 1. The van der Waals surface area contributed by atoms with Crippen LogP contribution in [0.1, 0.15) is 19.8 Å². The molecular formula is C9H20N2O. The van der Waals surface area contributed by atoms with E-state index in [9.17, 15) is 0 Å². The second-order valence-corrected chi connectivity index (χ2v) is 3.42. The molecule has 1 rings (SSSR count). The minimum atomic E-state index is 0.0985. The van der Waals surface area contributed by atoms with E-state index in [4.69, 9.17) is 4.74 Å². The van der Waals surface area contributed by atoms with E-state index < -0.39 is 0 Å². The molecule has 1 saturated heterocycles. The average Bonchev–Trinajstić information content (AvgIpc) is 2.16. The van der Waals surface area contributed by atoms with Gasteiger partial charge in [-0.15, -0.1) is 0 Å². The summed E-state index contributed by atoms with van der Waals surface area (Å²) in [6.45, 7) is 6.10. The van der Waals surface area contributed by atoms with Gasteiger partial charge in [0.25, 0.3) is 0 Å². The van der Waals surface area contributed by atoms with Gasteiger partial charge in [0, 0.05) is 13.1 Å². The van der Waals surface area contributed by atoms with E-state index in [-0.39, 0.29) is 5.60 Å². The van der Waals surface area contributed by atoms with Crippen LogP contribution in [0.3, 0.4) is 0 Å². The van der Waals surface area contributed by atoms with Gasteiger partial charge in [0.15, 0.2) is 0 Å². The molecule has 0 spiro atoms. The van der Waals surface area contributed by atoms with Crippen LogP contribution in [-0.2, 0) is 4.74 Å². The summed E-state index contributed by atoms with van der Waals surface area (Å²) < 4.78 is 5.81. The molecule has 0 aromatic rings. The van der Waals surface area contributed by atoms with Crippen molar-refractivity contribution in [3.8, 4) is 0 Å². The fraction of sp³-hybridized carbons (Fsp3) is 1.00. The van der Waals surface area contributed by atoms with Crippen molar-refractivity contribution in [2.75, 3.05) is 33.3 Å². The third kappa shape index (κ3) is 2.44. The van der Waals surface area contributed by atoms with Crippen LogP contribution >= 0.6 is 0 Å². The second kappa shape index (κ2) is 4.80. The molecular weight excluding hydrogens is 152 g/mol. The molecule has 3 nitrogen and oxygen atoms in total. The lowest BCUT2D eigenvalue weighted by molar-refractivity contribution is -0.0727. The smallest absolute Gasteiger partial charge is 0.0816 e. The van der Waals surface area contributed by atoms with Crippen molar-refractivity contribution in [3.05, 3.63) is 0 Å². The third-order valence-electron chi connectivity index (χ3n) is 2.61. The highest BCUT2D eigenvalue weighted by molar-refractivity contribution is 4.85. The van der Waals surface area contributed by atoms with Gasteiger partial charge in [0.1, 0.15) is 0 Å². The summed E-state index contributed by atoms with van der Waals surface area (Å²) in [5, 5.41) is 6.55. The van der Waals surface area contributed by atoms with Crippen LogP contribution in [0.5, 0.6) is 0 Å². The minimum Gasteiger partial charge on any atom is -0.372 e. The molecule has 0 radical (unpaired) electrons. The largest absolute Gasteiger partial charge is 0.372 e. The Kier molecular flexibility index (Phi) is 3.98. The summed E-state index contributed by atoms with van der Waals surface area (Å²) in [5.41, 5.74) is 0.0985. The van der Waals surface area contributed by atoms with Crippen molar-refractivity contribution in [2.24, 2.45) is 0 Å². The number of ether oxygens (including phenoxy) is 1. The number of hydrogen-bond donors (Lipinski definition) is 2. The van der Waals surface area contributed by atoms with Crippen molar-refractivity contribution in [1.29, 1.82) is 0 Å². The van der Waals surface area contributed by atoms with Crippen LogP contribution in [-0.4, -0.2) is 38.9 Å². The maximum absolute atomic E-state index is 5.81. The van der Waals surface area contributed by atoms with E-state index in [2.05, 4.69) is 17.6 Å². The van der Waals surface area contributed by atoms with E-state index in [1.807, 2.05) is 7.05 Å². The first kappa shape index (κ1) is 9.96. The fourth-order valence-electron chi connectivity index (χ4n) is 1.62. The Hall–Kier alpha value is -0.120. The molecule has 1 aliphatic rings. The molecule has 0 aromatic heterocycles. The Bertz CT molecular complexity index is 122. The number of rotatable bonds is 4. The van der Waals surface area contributed by atoms with E-state index in [1.165, 1.54) is 0 Å². The predicted octanol–water partition coefficient (Wildman–Crippen LogP) is 0.365. The SMILES string of the molecule is CCC1(CCNC)CNCCO1. The van der Waals surface area contributed by atoms with E-state index in [0.29, 0.717) is 0 Å². The molecule has 2 N–H and O–H groups in total. The highest BCUT2D eigenvalue weighted by atomic mass is 16.5. The molecule has 1 aliphatic heterocycles. The summed E-state index contributed by atoms with van der Waals surface area (Å²) in [6.07, 6.45) is 2.20. The maximum Gasteiger partial charge on any atom is 0.0816 e. The molecule has 0 aliphatic carbocycles. The van der Waals surface area contributed by atoms with E-state index in [0.717, 1.165) is 39.1 Å². The van der Waals surface area contributed by atoms with Gasteiger partial charge in [-0.1, -0.05) is 6.92 Å². The fourth-order valence-corrected chi connectivity index (χ4v) is 1.62. The lowest BCUT2D eigenvalue weighted by Gasteiger charge is -2.37. The van der Waals surface area contributed by atoms with Gasteiger partial charge >= 0.3 is 0 Å². The minimum absolute atomic E-state index is 0.0985. The molecule has 1 atom stereocenters. The van der Waals surface area contributed by atoms with Gasteiger partial charge in [0.05, 0.1) is 12.2 Å². The van der Waals surface area contributed by atoms with Crippen LogP contribution in [0.25, 0.3) is 0 Å². The molecule has 0 aromatic carbocycles. The first-order chi connectivity index (χ1) is 5.83. The molecule has 12 heavy (non-hydrogen) atoms. The second-order valence-electron chi connectivity index (χ2n) is 3.42. The first-order valence-corrected chi connectivity index (χ1v) is 4.82. The zero-order valence-electron chi connectivity index (χ0n) is 8.15. The standard InChI is InChI=1S/C9H20N2O/c1-3-9(4-5-10-2)8-11-6-7-12-9/h10-11H,3-8H2,1-2H3. The van der Waals surface area contributed by atoms with Crippen molar-refractivity contribution >= 4 is 0 Å².